The standard InChI is InChI=1S/C15H19ClN2O2/c1-11(19)13-4-5-15(14(16)10-13)18-7-3-6-17(8-9-18)12(2)20/h4-5,10H,3,6-9H2,1-2H3. The zero-order chi connectivity index (χ0) is 14.7. The van der Waals surface area contributed by atoms with Crippen LogP contribution in [0.1, 0.15) is 30.6 Å². The summed E-state index contributed by atoms with van der Waals surface area (Å²) >= 11 is 6.28. The van der Waals surface area contributed by atoms with Crippen LogP contribution in [-0.2, 0) is 4.79 Å². The topological polar surface area (TPSA) is 40.6 Å². The van der Waals surface area contributed by atoms with Gasteiger partial charge in [0, 0.05) is 38.7 Å². The van der Waals surface area contributed by atoms with Crippen LogP contribution in [0.5, 0.6) is 0 Å². The van der Waals surface area contributed by atoms with Gasteiger partial charge in [0.05, 0.1) is 10.7 Å². The molecule has 0 atom stereocenters. The van der Waals surface area contributed by atoms with E-state index in [2.05, 4.69) is 4.90 Å². The summed E-state index contributed by atoms with van der Waals surface area (Å²) in [5, 5.41) is 0.592. The molecule has 0 saturated carbocycles. The van der Waals surface area contributed by atoms with Crippen molar-refractivity contribution in [2.45, 2.75) is 20.3 Å². The van der Waals surface area contributed by atoms with E-state index in [1.165, 1.54) is 6.92 Å². The molecule has 4 nitrogen and oxygen atoms in total. The molecular weight excluding hydrogens is 276 g/mol. The molecule has 1 saturated heterocycles. The fraction of sp³-hybridized carbons (Fsp3) is 0.467. The molecule has 1 amide bonds. The van der Waals surface area contributed by atoms with Crippen LogP contribution in [0.2, 0.25) is 5.02 Å². The molecule has 1 aromatic rings. The highest BCUT2D eigenvalue weighted by molar-refractivity contribution is 6.33. The van der Waals surface area contributed by atoms with Crippen molar-refractivity contribution in [1.82, 2.24) is 4.90 Å². The lowest BCUT2D eigenvalue weighted by Gasteiger charge is -2.24. The Kier molecular flexibility index (Phi) is 4.65. The fourth-order valence-corrected chi connectivity index (χ4v) is 2.76. The van der Waals surface area contributed by atoms with Crippen LogP contribution in [-0.4, -0.2) is 42.8 Å². The average molecular weight is 295 g/mol. The Morgan fingerprint density at radius 1 is 1.10 bits per heavy atom. The van der Waals surface area contributed by atoms with E-state index in [1.54, 1.807) is 19.1 Å². The molecule has 0 aliphatic carbocycles. The zero-order valence-corrected chi connectivity index (χ0v) is 12.6. The summed E-state index contributed by atoms with van der Waals surface area (Å²) in [5.74, 6) is 0.127. The Labute approximate surface area is 124 Å². The molecule has 1 aromatic carbocycles. The predicted octanol–water partition coefficient (Wildman–Crippen LogP) is 2.60. The van der Waals surface area contributed by atoms with Crippen molar-refractivity contribution >= 4 is 29.0 Å². The van der Waals surface area contributed by atoms with Crippen molar-refractivity contribution in [3.8, 4) is 0 Å². The van der Waals surface area contributed by atoms with Gasteiger partial charge >= 0.3 is 0 Å². The van der Waals surface area contributed by atoms with E-state index in [4.69, 9.17) is 11.6 Å². The second-order valence-corrected chi connectivity index (χ2v) is 5.48. The number of Topliss-reactive ketones (excluding diaryl/α,β-unsaturated/α-hetero) is 1. The fourth-order valence-electron chi connectivity index (χ4n) is 2.46. The number of hydrogen-bond donors (Lipinski definition) is 0. The van der Waals surface area contributed by atoms with Gasteiger partial charge in [0.25, 0.3) is 0 Å². The molecule has 1 aliphatic heterocycles. The van der Waals surface area contributed by atoms with E-state index >= 15 is 0 Å². The van der Waals surface area contributed by atoms with E-state index < -0.39 is 0 Å². The molecule has 0 N–H and O–H groups in total. The molecule has 0 unspecified atom stereocenters. The molecule has 20 heavy (non-hydrogen) atoms. The Balaban J connectivity index is 2.15. The van der Waals surface area contributed by atoms with Crippen LogP contribution < -0.4 is 4.90 Å². The van der Waals surface area contributed by atoms with Crippen molar-refractivity contribution in [2.24, 2.45) is 0 Å². The number of hydrogen-bond acceptors (Lipinski definition) is 3. The van der Waals surface area contributed by atoms with Gasteiger partial charge in [-0.25, -0.2) is 0 Å². The normalized spacial score (nSPS) is 15.9. The minimum atomic E-state index is 0.0112. The summed E-state index contributed by atoms with van der Waals surface area (Å²) in [6.45, 7) is 6.25. The van der Waals surface area contributed by atoms with Gasteiger partial charge in [-0.15, -0.1) is 0 Å². The van der Waals surface area contributed by atoms with E-state index in [0.717, 1.165) is 31.7 Å². The third-order valence-corrected chi connectivity index (χ3v) is 3.94. The number of nitrogens with zero attached hydrogens (tertiary/aromatic N) is 2. The smallest absolute Gasteiger partial charge is 0.219 e. The molecule has 2 rings (SSSR count). The van der Waals surface area contributed by atoms with Crippen LogP contribution >= 0.6 is 11.6 Å². The number of anilines is 1. The molecule has 5 heteroatoms. The maximum absolute atomic E-state index is 11.4. The van der Waals surface area contributed by atoms with Gasteiger partial charge in [0.15, 0.2) is 5.78 Å². The van der Waals surface area contributed by atoms with E-state index in [1.807, 2.05) is 11.0 Å². The maximum Gasteiger partial charge on any atom is 0.219 e. The zero-order valence-electron chi connectivity index (χ0n) is 11.9. The molecule has 108 valence electrons. The average Bonchev–Trinajstić information content (AvgIpc) is 2.64. The molecule has 0 spiro atoms. The molecule has 1 heterocycles. The Morgan fingerprint density at radius 2 is 1.85 bits per heavy atom. The van der Waals surface area contributed by atoms with Crippen LogP contribution in [0.15, 0.2) is 18.2 Å². The number of carbonyl (C=O) groups is 2. The molecule has 1 aliphatic rings. The van der Waals surface area contributed by atoms with Gasteiger partial charge in [-0.05, 0) is 31.5 Å². The predicted molar refractivity (Wildman–Crippen MR) is 80.5 cm³/mol. The molecule has 0 bridgehead atoms. The van der Waals surface area contributed by atoms with Gasteiger partial charge in [-0.2, -0.15) is 0 Å². The number of amides is 1. The third kappa shape index (κ3) is 3.31. The van der Waals surface area contributed by atoms with Gasteiger partial charge in [-0.3, -0.25) is 9.59 Å². The Bertz CT molecular complexity index is 531. The lowest BCUT2D eigenvalue weighted by molar-refractivity contribution is -0.128. The van der Waals surface area contributed by atoms with Crippen LogP contribution in [0, 0.1) is 0 Å². The molecular formula is C15H19ClN2O2. The monoisotopic (exact) mass is 294 g/mol. The maximum atomic E-state index is 11.4. The second-order valence-electron chi connectivity index (χ2n) is 5.07. The minimum absolute atomic E-state index is 0.0112. The SMILES string of the molecule is CC(=O)c1ccc(N2CCCN(C(C)=O)CC2)c(Cl)c1. The quantitative estimate of drug-likeness (QED) is 0.787. The van der Waals surface area contributed by atoms with Gasteiger partial charge in [0.2, 0.25) is 5.91 Å². The van der Waals surface area contributed by atoms with Crippen LogP contribution in [0.4, 0.5) is 5.69 Å². The molecule has 0 aromatic heterocycles. The first-order valence-corrected chi connectivity index (χ1v) is 7.18. The summed E-state index contributed by atoms with van der Waals surface area (Å²) in [6.07, 6.45) is 0.921. The summed E-state index contributed by atoms with van der Waals surface area (Å²) in [4.78, 5) is 26.8. The van der Waals surface area contributed by atoms with Crippen LogP contribution in [0.25, 0.3) is 0 Å². The van der Waals surface area contributed by atoms with Crippen molar-refractivity contribution < 1.29 is 9.59 Å². The lowest BCUT2D eigenvalue weighted by atomic mass is 10.1. The molecule has 1 fully saturated rings. The lowest BCUT2D eigenvalue weighted by Crippen LogP contribution is -2.33. The second kappa shape index (κ2) is 6.27. The van der Waals surface area contributed by atoms with E-state index in [0.29, 0.717) is 17.1 Å². The van der Waals surface area contributed by atoms with Gasteiger partial charge in [0.1, 0.15) is 0 Å². The number of halogens is 1. The van der Waals surface area contributed by atoms with Crippen molar-refractivity contribution in [3.05, 3.63) is 28.8 Å². The first kappa shape index (κ1) is 14.9. The van der Waals surface area contributed by atoms with Gasteiger partial charge < -0.3 is 9.80 Å². The largest absolute Gasteiger partial charge is 0.368 e. The highest BCUT2D eigenvalue weighted by Crippen LogP contribution is 2.28. The summed E-state index contributed by atoms with van der Waals surface area (Å²) < 4.78 is 0. The number of rotatable bonds is 2. The first-order valence-electron chi connectivity index (χ1n) is 6.80. The highest BCUT2D eigenvalue weighted by Gasteiger charge is 2.18. The van der Waals surface area contributed by atoms with Crippen molar-refractivity contribution in [2.75, 3.05) is 31.1 Å². The summed E-state index contributed by atoms with van der Waals surface area (Å²) in [5.41, 5.74) is 1.56. The Morgan fingerprint density at radius 3 is 2.45 bits per heavy atom. The number of carbonyl (C=O) groups excluding carboxylic acids is 2. The van der Waals surface area contributed by atoms with Crippen molar-refractivity contribution in [3.63, 3.8) is 0 Å². The first-order chi connectivity index (χ1) is 9.49. The number of benzene rings is 1. The van der Waals surface area contributed by atoms with E-state index in [9.17, 15) is 9.59 Å². The van der Waals surface area contributed by atoms with Crippen molar-refractivity contribution in [1.29, 1.82) is 0 Å². The highest BCUT2D eigenvalue weighted by atomic mass is 35.5. The summed E-state index contributed by atoms with van der Waals surface area (Å²) in [7, 11) is 0. The van der Waals surface area contributed by atoms with Crippen LogP contribution in [0.3, 0.4) is 0 Å². The third-order valence-electron chi connectivity index (χ3n) is 3.64. The Hall–Kier alpha value is -1.55. The summed E-state index contributed by atoms with van der Waals surface area (Å²) in [6, 6.07) is 5.41. The van der Waals surface area contributed by atoms with Gasteiger partial charge in [-0.1, -0.05) is 11.6 Å². The molecule has 0 radical (unpaired) electrons. The number of ketones is 1. The van der Waals surface area contributed by atoms with E-state index in [-0.39, 0.29) is 11.7 Å². The minimum Gasteiger partial charge on any atom is -0.368 e.